The number of thiazole rings is 1. The molecule has 1 atom stereocenters. The molecule has 1 aromatic heterocycles. The van der Waals surface area contributed by atoms with Crippen LogP contribution in [-0.4, -0.2) is 4.98 Å². The summed E-state index contributed by atoms with van der Waals surface area (Å²) in [7, 11) is 0. The molecule has 0 saturated carbocycles. The minimum absolute atomic E-state index is 0. The van der Waals surface area contributed by atoms with Gasteiger partial charge in [0.05, 0.1) is 6.04 Å². The Morgan fingerprint density at radius 2 is 2.20 bits per heavy atom. The van der Waals surface area contributed by atoms with Crippen molar-refractivity contribution in [2.75, 3.05) is 0 Å². The molecule has 0 radical (unpaired) electrons. The fraction of sp³-hybridized carbons (Fsp3) is 0.400. The summed E-state index contributed by atoms with van der Waals surface area (Å²) in [5, 5.41) is 2.93. The van der Waals surface area contributed by atoms with E-state index in [9.17, 15) is 0 Å². The largest absolute Gasteiger partial charge is 0.322 e. The van der Waals surface area contributed by atoms with Crippen LogP contribution in [0.4, 0.5) is 0 Å². The number of aromatic nitrogens is 1. The Hall–Kier alpha value is 0.170. The summed E-state index contributed by atoms with van der Waals surface area (Å²) < 4.78 is 0. The van der Waals surface area contributed by atoms with Gasteiger partial charge in [-0.15, -0.1) is 36.2 Å². The van der Waals surface area contributed by atoms with E-state index in [0.29, 0.717) is 0 Å². The van der Waals surface area contributed by atoms with Crippen molar-refractivity contribution in [3.8, 4) is 0 Å². The molecule has 2 N–H and O–H groups in total. The summed E-state index contributed by atoms with van der Waals surface area (Å²) in [5.41, 5.74) is 5.51. The van der Waals surface area contributed by atoms with Gasteiger partial charge in [-0.1, -0.05) is 0 Å². The van der Waals surface area contributed by atoms with E-state index in [1.807, 2.05) is 12.3 Å². The third-order valence-electron chi connectivity index (χ3n) is 0.841. The zero-order chi connectivity index (χ0) is 5.98. The molecular weight excluding hydrogens is 191 g/mol. The monoisotopic (exact) mass is 200 g/mol. The van der Waals surface area contributed by atoms with Gasteiger partial charge < -0.3 is 5.73 Å². The molecule has 0 bridgehead atoms. The maximum absolute atomic E-state index is 5.51. The Morgan fingerprint density at radius 3 is 2.40 bits per heavy atom. The van der Waals surface area contributed by atoms with Crippen molar-refractivity contribution in [1.29, 1.82) is 0 Å². The number of hydrogen-bond donors (Lipinski definition) is 1. The lowest BCUT2D eigenvalue weighted by Crippen LogP contribution is -2.03. The van der Waals surface area contributed by atoms with Crippen LogP contribution in [0, 0.1) is 0 Å². The van der Waals surface area contributed by atoms with E-state index in [4.69, 9.17) is 5.73 Å². The zero-order valence-electron chi connectivity index (χ0n) is 5.48. The molecule has 0 aliphatic carbocycles. The maximum atomic E-state index is 5.51. The molecule has 1 aromatic rings. The lowest BCUT2D eigenvalue weighted by atomic mass is 10.4. The molecule has 1 rings (SSSR count). The second kappa shape index (κ2) is 5.92. The van der Waals surface area contributed by atoms with Crippen LogP contribution in [0.1, 0.15) is 18.0 Å². The van der Waals surface area contributed by atoms with Crippen molar-refractivity contribution in [3.63, 3.8) is 0 Å². The molecule has 0 aliphatic heterocycles. The molecule has 0 aromatic carbocycles. The van der Waals surface area contributed by atoms with Gasteiger partial charge in [-0.25, -0.2) is 4.98 Å². The standard InChI is InChI=1S/C5H8N2S.2ClH/c1-4(6)5-7-2-3-8-5;;/h2-4H,6H2,1H3;2*1H. The average Bonchev–Trinajstić information content (AvgIpc) is 2.12. The van der Waals surface area contributed by atoms with Crippen molar-refractivity contribution in [2.45, 2.75) is 13.0 Å². The van der Waals surface area contributed by atoms with E-state index < -0.39 is 0 Å². The third kappa shape index (κ3) is 3.37. The van der Waals surface area contributed by atoms with E-state index in [1.165, 1.54) is 0 Å². The SMILES string of the molecule is CC(N)c1nccs1.Cl.Cl. The Labute approximate surface area is 76.7 Å². The van der Waals surface area contributed by atoms with E-state index in [1.54, 1.807) is 17.5 Å². The normalized spacial score (nSPS) is 11.0. The second-order valence-electron chi connectivity index (χ2n) is 1.66. The predicted octanol–water partition coefficient (Wildman–Crippen LogP) is 2.01. The van der Waals surface area contributed by atoms with Gasteiger partial charge in [0.25, 0.3) is 0 Å². The quantitative estimate of drug-likeness (QED) is 0.754. The summed E-state index contributed by atoms with van der Waals surface area (Å²) in [6.07, 6.45) is 1.77. The van der Waals surface area contributed by atoms with Crippen LogP contribution in [0.2, 0.25) is 0 Å². The number of halogens is 2. The van der Waals surface area contributed by atoms with Gasteiger partial charge >= 0.3 is 0 Å². The fourth-order valence-corrected chi connectivity index (χ4v) is 1.06. The van der Waals surface area contributed by atoms with Crippen molar-refractivity contribution >= 4 is 36.2 Å². The van der Waals surface area contributed by atoms with Crippen LogP contribution in [0.5, 0.6) is 0 Å². The highest BCUT2D eigenvalue weighted by atomic mass is 35.5. The maximum Gasteiger partial charge on any atom is 0.109 e. The van der Waals surface area contributed by atoms with Crippen molar-refractivity contribution < 1.29 is 0 Å². The average molecular weight is 201 g/mol. The molecule has 2 nitrogen and oxygen atoms in total. The molecule has 60 valence electrons. The number of hydrogen-bond acceptors (Lipinski definition) is 3. The van der Waals surface area contributed by atoms with Crippen molar-refractivity contribution in [1.82, 2.24) is 4.98 Å². The Balaban J connectivity index is 0. The van der Waals surface area contributed by atoms with Gasteiger partial charge in [-0.05, 0) is 6.92 Å². The van der Waals surface area contributed by atoms with E-state index in [-0.39, 0.29) is 30.9 Å². The van der Waals surface area contributed by atoms with Crippen LogP contribution >= 0.6 is 36.2 Å². The highest BCUT2D eigenvalue weighted by Crippen LogP contribution is 2.10. The molecule has 0 amide bonds. The molecule has 0 saturated heterocycles. The van der Waals surface area contributed by atoms with Gasteiger partial charge in [0.1, 0.15) is 5.01 Å². The number of nitrogens with two attached hydrogens (primary N) is 1. The number of rotatable bonds is 1. The number of nitrogens with zero attached hydrogens (tertiary/aromatic N) is 1. The molecule has 0 aliphatic rings. The highest BCUT2D eigenvalue weighted by molar-refractivity contribution is 7.09. The topological polar surface area (TPSA) is 38.9 Å². The zero-order valence-corrected chi connectivity index (χ0v) is 7.93. The van der Waals surface area contributed by atoms with Crippen LogP contribution in [0.25, 0.3) is 0 Å². The van der Waals surface area contributed by atoms with E-state index in [0.717, 1.165) is 5.01 Å². The summed E-state index contributed by atoms with van der Waals surface area (Å²) >= 11 is 1.59. The van der Waals surface area contributed by atoms with Crippen LogP contribution in [-0.2, 0) is 0 Å². The molecule has 1 unspecified atom stereocenters. The summed E-state index contributed by atoms with van der Waals surface area (Å²) in [6, 6.07) is 0.0926. The van der Waals surface area contributed by atoms with Crippen molar-refractivity contribution in [3.05, 3.63) is 16.6 Å². The minimum atomic E-state index is 0. The molecular formula is C5H10Cl2N2S. The molecule has 1 heterocycles. The van der Waals surface area contributed by atoms with E-state index in [2.05, 4.69) is 4.98 Å². The minimum Gasteiger partial charge on any atom is -0.322 e. The van der Waals surface area contributed by atoms with Crippen molar-refractivity contribution in [2.24, 2.45) is 5.73 Å². The Bertz CT molecular complexity index is 153. The summed E-state index contributed by atoms with van der Waals surface area (Å²) in [4.78, 5) is 4.01. The van der Waals surface area contributed by atoms with Crippen LogP contribution < -0.4 is 5.73 Å². The lowest BCUT2D eigenvalue weighted by molar-refractivity contribution is 0.807. The van der Waals surface area contributed by atoms with Gasteiger partial charge in [-0.3, -0.25) is 0 Å². The summed E-state index contributed by atoms with van der Waals surface area (Å²) in [6.45, 7) is 1.93. The highest BCUT2D eigenvalue weighted by Gasteiger charge is 1.98. The van der Waals surface area contributed by atoms with Gasteiger partial charge in [0.15, 0.2) is 0 Å². The Kier molecular flexibility index (Phi) is 7.58. The van der Waals surface area contributed by atoms with Crippen LogP contribution in [0.3, 0.4) is 0 Å². The first-order chi connectivity index (χ1) is 3.80. The first-order valence-electron chi connectivity index (χ1n) is 2.45. The fourth-order valence-electron chi connectivity index (χ4n) is 0.459. The molecule has 10 heavy (non-hydrogen) atoms. The smallest absolute Gasteiger partial charge is 0.109 e. The van der Waals surface area contributed by atoms with Gasteiger partial charge in [0.2, 0.25) is 0 Å². The third-order valence-corrected chi connectivity index (χ3v) is 1.82. The van der Waals surface area contributed by atoms with Crippen LogP contribution in [0.15, 0.2) is 11.6 Å². The second-order valence-corrected chi connectivity index (χ2v) is 2.59. The first-order valence-corrected chi connectivity index (χ1v) is 3.33. The molecule has 0 spiro atoms. The molecule has 0 fully saturated rings. The van der Waals surface area contributed by atoms with E-state index >= 15 is 0 Å². The predicted molar refractivity (Wildman–Crippen MR) is 49.2 cm³/mol. The van der Waals surface area contributed by atoms with Gasteiger partial charge in [-0.2, -0.15) is 0 Å². The molecule has 5 heteroatoms. The Morgan fingerprint density at radius 1 is 1.60 bits per heavy atom. The lowest BCUT2D eigenvalue weighted by Gasteiger charge is -1.94. The summed E-state index contributed by atoms with van der Waals surface area (Å²) in [5.74, 6) is 0. The van der Waals surface area contributed by atoms with Gasteiger partial charge in [0, 0.05) is 11.6 Å². The first kappa shape index (κ1) is 12.8.